The van der Waals surface area contributed by atoms with Crippen LogP contribution in [0.1, 0.15) is 59.8 Å². The average Bonchev–Trinajstić information content (AvgIpc) is 2.80. The summed E-state index contributed by atoms with van der Waals surface area (Å²) in [5, 5.41) is 10.9. The largest absolute Gasteiger partial charge is 0.391 e. The molecule has 2 fully saturated rings. The van der Waals surface area contributed by atoms with E-state index >= 15 is 0 Å². The van der Waals surface area contributed by atoms with Crippen molar-refractivity contribution in [3.05, 3.63) is 0 Å². The van der Waals surface area contributed by atoms with Crippen LogP contribution in [0.15, 0.2) is 0 Å². The second kappa shape index (κ2) is 5.50. The molecule has 106 valence electrons. The first kappa shape index (κ1) is 14.3. The number of hydrogen-bond acceptors (Lipinski definition) is 2. The second-order valence-corrected chi connectivity index (χ2v) is 7.47. The van der Waals surface area contributed by atoms with Crippen molar-refractivity contribution in [3.8, 4) is 0 Å². The maximum atomic E-state index is 10.9. The van der Waals surface area contributed by atoms with E-state index in [-0.39, 0.29) is 11.6 Å². The van der Waals surface area contributed by atoms with Gasteiger partial charge in [-0.2, -0.15) is 0 Å². The first-order chi connectivity index (χ1) is 8.41. The van der Waals surface area contributed by atoms with Crippen LogP contribution in [0.25, 0.3) is 0 Å². The summed E-state index contributed by atoms with van der Waals surface area (Å²) >= 11 is 0. The predicted molar refractivity (Wildman–Crippen MR) is 76.6 cm³/mol. The summed E-state index contributed by atoms with van der Waals surface area (Å²) in [5.41, 5.74) is -0.0437. The van der Waals surface area contributed by atoms with Gasteiger partial charge in [0.15, 0.2) is 0 Å². The van der Waals surface area contributed by atoms with Crippen LogP contribution >= 0.6 is 0 Å². The van der Waals surface area contributed by atoms with E-state index in [9.17, 15) is 5.11 Å². The molecular weight excluding hydrogens is 222 g/mol. The van der Waals surface area contributed by atoms with Crippen molar-refractivity contribution >= 4 is 0 Å². The highest BCUT2D eigenvalue weighted by molar-refractivity contribution is 4.95. The van der Waals surface area contributed by atoms with Crippen LogP contribution in [0.2, 0.25) is 0 Å². The fourth-order valence-electron chi connectivity index (χ4n) is 4.32. The predicted octanol–water partition coefficient (Wildman–Crippen LogP) is 3.29. The molecule has 0 aromatic carbocycles. The summed E-state index contributed by atoms with van der Waals surface area (Å²) in [6, 6.07) is 0. The molecule has 0 aromatic rings. The van der Waals surface area contributed by atoms with Crippen molar-refractivity contribution < 1.29 is 5.11 Å². The van der Waals surface area contributed by atoms with Crippen LogP contribution in [0, 0.1) is 17.8 Å². The SMILES string of the molecule is CC1CC(C)CC(C(O)C(C)(C)N2CCCC2)C1. The lowest BCUT2D eigenvalue weighted by atomic mass is 9.70. The van der Waals surface area contributed by atoms with Crippen LogP contribution in [0.4, 0.5) is 0 Å². The maximum absolute atomic E-state index is 10.9. The first-order valence-electron chi connectivity index (χ1n) is 7.84. The summed E-state index contributed by atoms with van der Waals surface area (Å²) in [5.74, 6) is 2.06. The van der Waals surface area contributed by atoms with Gasteiger partial charge in [0, 0.05) is 5.54 Å². The standard InChI is InChI=1S/C16H31NO/c1-12-9-13(2)11-14(10-12)15(18)16(3,4)17-7-5-6-8-17/h12-15,18H,5-11H2,1-4H3. The zero-order valence-electron chi connectivity index (χ0n) is 12.7. The zero-order chi connectivity index (χ0) is 13.3. The lowest BCUT2D eigenvalue weighted by Gasteiger charge is -2.45. The third-order valence-electron chi connectivity index (χ3n) is 5.31. The van der Waals surface area contributed by atoms with Gasteiger partial charge in [0.25, 0.3) is 0 Å². The first-order valence-corrected chi connectivity index (χ1v) is 7.84. The third kappa shape index (κ3) is 2.91. The minimum absolute atomic E-state index is 0.0437. The van der Waals surface area contributed by atoms with Crippen molar-refractivity contribution in [1.29, 1.82) is 0 Å². The fraction of sp³-hybridized carbons (Fsp3) is 1.00. The molecule has 2 nitrogen and oxygen atoms in total. The van der Waals surface area contributed by atoms with Crippen LogP contribution in [0.5, 0.6) is 0 Å². The minimum Gasteiger partial charge on any atom is -0.391 e. The molecule has 1 N–H and O–H groups in total. The number of aliphatic hydroxyl groups is 1. The Kier molecular flexibility index (Phi) is 4.38. The van der Waals surface area contributed by atoms with Crippen LogP contribution in [-0.2, 0) is 0 Å². The lowest BCUT2D eigenvalue weighted by Crippen LogP contribution is -2.54. The Labute approximate surface area is 113 Å². The molecule has 0 spiro atoms. The highest BCUT2D eigenvalue weighted by Crippen LogP contribution is 2.39. The van der Waals surface area contributed by atoms with Crippen molar-refractivity contribution in [3.63, 3.8) is 0 Å². The molecule has 18 heavy (non-hydrogen) atoms. The lowest BCUT2D eigenvalue weighted by molar-refractivity contribution is -0.0521. The number of rotatable bonds is 3. The molecular formula is C16H31NO. The normalized spacial score (nSPS) is 36.8. The minimum atomic E-state index is -0.166. The van der Waals surface area contributed by atoms with Gasteiger partial charge in [-0.1, -0.05) is 13.8 Å². The fourth-order valence-corrected chi connectivity index (χ4v) is 4.32. The van der Waals surface area contributed by atoms with Crippen molar-refractivity contribution in [2.75, 3.05) is 13.1 Å². The highest BCUT2D eigenvalue weighted by atomic mass is 16.3. The Bertz CT molecular complexity index is 260. The summed E-state index contributed by atoms with van der Waals surface area (Å²) in [6.07, 6.45) is 6.20. The summed E-state index contributed by atoms with van der Waals surface area (Å²) in [7, 11) is 0. The molecule has 2 heteroatoms. The molecule has 0 aromatic heterocycles. The zero-order valence-corrected chi connectivity index (χ0v) is 12.7. The van der Waals surface area contributed by atoms with E-state index in [2.05, 4.69) is 32.6 Å². The Morgan fingerprint density at radius 2 is 1.50 bits per heavy atom. The molecule has 1 saturated heterocycles. The van der Waals surface area contributed by atoms with Gasteiger partial charge in [0.1, 0.15) is 0 Å². The van der Waals surface area contributed by atoms with E-state index < -0.39 is 0 Å². The Hall–Kier alpha value is -0.0800. The van der Waals surface area contributed by atoms with E-state index in [1.807, 2.05) is 0 Å². The molecule has 1 heterocycles. The topological polar surface area (TPSA) is 23.5 Å². The molecule has 1 aliphatic carbocycles. The van der Waals surface area contributed by atoms with Gasteiger partial charge in [0.2, 0.25) is 0 Å². The molecule has 0 bridgehead atoms. The molecule has 0 radical (unpaired) electrons. The molecule has 3 unspecified atom stereocenters. The number of hydrogen-bond donors (Lipinski definition) is 1. The van der Waals surface area contributed by atoms with Gasteiger partial charge in [-0.05, 0) is 76.8 Å². The van der Waals surface area contributed by atoms with Gasteiger partial charge in [-0.25, -0.2) is 0 Å². The third-order valence-corrected chi connectivity index (χ3v) is 5.31. The van der Waals surface area contributed by atoms with Crippen LogP contribution in [0.3, 0.4) is 0 Å². The summed E-state index contributed by atoms with van der Waals surface area (Å²) in [6.45, 7) is 11.5. The monoisotopic (exact) mass is 253 g/mol. The Morgan fingerprint density at radius 3 is 2.00 bits per heavy atom. The van der Waals surface area contributed by atoms with Gasteiger partial charge >= 0.3 is 0 Å². The van der Waals surface area contributed by atoms with Gasteiger partial charge in [-0.15, -0.1) is 0 Å². The Balaban J connectivity index is 2.02. The van der Waals surface area contributed by atoms with E-state index in [0.717, 1.165) is 11.8 Å². The highest BCUT2D eigenvalue weighted by Gasteiger charge is 2.41. The maximum Gasteiger partial charge on any atom is 0.0746 e. The van der Waals surface area contributed by atoms with E-state index in [4.69, 9.17) is 0 Å². The quantitative estimate of drug-likeness (QED) is 0.834. The molecule has 1 saturated carbocycles. The van der Waals surface area contributed by atoms with Crippen molar-refractivity contribution in [1.82, 2.24) is 4.90 Å². The Morgan fingerprint density at radius 1 is 1.00 bits per heavy atom. The molecule has 2 rings (SSSR count). The summed E-state index contributed by atoms with van der Waals surface area (Å²) < 4.78 is 0. The number of likely N-dealkylation sites (tertiary alicyclic amines) is 1. The number of nitrogens with zero attached hydrogens (tertiary/aromatic N) is 1. The van der Waals surface area contributed by atoms with Crippen LogP contribution in [-0.4, -0.2) is 34.7 Å². The molecule has 2 aliphatic rings. The van der Waals surface area contributed by atoms with Crippen LogP contribution < -0.4 is 0 Å². The average molecular weight is 253 g/mol. The molecule has 3 atom stereocenters. The summed E-state index contributed by atoms with van der Waals surface area (Å²) in [4.78, 5) is 2.50. The van der Waals surface area contributed by atoms with E-state index in [0.29, 0.717) is 5.92 Å². The smallest absolute Gasteiger partial charge is 0.0746 e. The second-order valence-electron chi connectivity index (χ2n) is 7.47. The number of aliphatic hydroxyl groups excluding tert-OH is 1. The van der Waals surface area contributed by atoms with Gasteiger partial charge in [-0.3, -0.25) is 4.90 Å². The van der Waals surface area contributed by atoms with Gasteiger partial charge < -0.3 is 5.11 Å². The van der Waals surface area contributed by atoms with Crippen molar-refractivity contribution in [2.24, 2.45) is 17.8 Å². The molecule has 1 aliphatic heterocycles. The van der Waals surface area contributed by atoms with Crippen molar-refractivity contribution in [2.45, 2.75) is 71.4 Å². The molecule has 0 amide bonds. The van der Waals surface area contributed by atoms with Gasteiger partial charge in [0.05, 0.1) is 6.10 Å². The van der Waals surface area contributed by atoms with E-state index in [1.54, 1.807) is 0 Å². The van der Waals surface area contributed by atoms with E-state index in [1.165, 1.54) is 45.2 Å².